The molecule has 1 aromatic carbocycles. The molecule has 0 saturated carbocycles. The fraction of sp³-hybridized carbons (Fsp3) is 0.571. The van der Waals surface area contributed by atoms with Crippen molar-refractivity contribution in [2.24, 2.45) is 0 Å². The molecular weight excluding hydrogens is 228 g/mol. The highest BCUT2D eigenvalue weighted by molar-refractivity contribution is 5.33. The minimum atomic E-state index is 0.609. The quantitative estimate of drug-likeness (QED) is 0.584. The Morgan fingerprint density at radius 1 is 1.06 bits per heavy atom. The summed E-state index contributed by atoms with van der Waals surface area (Å²) in [5, 5.41) is 2.22. The summed E-state index contributed by atoms with van der Waals surface area (Å²) in [4.78, 5) is 0. The maximum Gasteiger partial charge on any atom is 0.125 e. The third-order valence-corrected chi connectivity index (χ3v) is 2.85. The van der Waals surface area contributed by atoms with Gasteiger partial charge in [0.15, 0.2) is 0 Å². The Balaban J connectivity index is 2.05. The Kier molecular flexibility index (Phi) is 7.41. The zero-order chi connectivity index (χ0) is 13.2. The van der Waals surface area contributed by atoms with Crippen LogP contribution in [0.5, 0.6) is 5.75 Å². The van der Waals surface area contributed by atoms with Gasteiger partial charge in [-0.15, -0.1) is 0 Å². The predicted octanol–water partition coefficient (Wildman–Crippen LogP) is -0.496. The number of quaternary nitrogens is 2. The summed E-state index contributed by atoms with van der Waals surface area (Å²) < 4.78 is 11.1. The van der Waals surface area contributed by atoms with Crippen molar-refractivity contribution in [1.82, 2.24) is 0 Å². The topological polar surface area (TPSA) is 62.7 Å². The maximum absolute atomic E-state index is 5.62. The average Bonchev–Trinajstić information content (AvgIpc) is 2.37. The zero-order valence-corrected chi connectivity index (χ0v) is 11.6. The molecule has 0 bridgehead atoms. The molecule has 102 valence electrons. The van der Waals surface area contributed by atoms with Gasteiger partial charge in [0.1, 0.15) is 25.4 Å². The number of hydrogen-bond donors (Lipinski definition) is 2. The molecule has 0 atom stereocenters. The predicted molar refractivity (Wildman–Crippen MR) is 71.6 cm³/mol. The molecule has 0 saturated heterocycles. The molecule has 0 radical (unpaired) electrons. The lowest BCUT2D eigenvalue weighted by Gasteiger charge is -2.08. The molecule has 0 unspecified atom stereocenters. The van der Waals surface area contributed by atoms with Crippen LogP contribution < -0.4 is 15.8 Å². The van der Waals surface area contributed by atoms with E-state index in [-0.39, 0.29) is 0 Å². The van der Waals surface area contributed by atoms with E-state index in [1.807, 2.05) is 6.07 Å². The molecule has 0 spiro atoms. The summed E-state index contributed by atoms with van der Waals surface area (Å²) in [6.45, 7) is 9.26. The highest BCUT2D eigenvalue weighted by Gasteiger charge is 1.97. The van der Waals surface area contributed by atoms with Gasteiger partial charge in [0.25, 0.3) is 0 Å². The van der Waals surface area contributed by atoms with Crippen LogP contribution in [0.3, 0.4) is 0 Å². The number of rotatable bonds is 9. The van der Waals surface area contributed by atoms with Gasteiger partial charge in [-0.3, -0.25) is 0 Å². The van der Waals surface area contributed by atoms with Crippen molar-refractivity contribution in [2.75, 3.05) is 39.5 Å². The molecule has 0 aliphatic rings. The van der Waals surface area contributed by atoms with Crippen molar-refractivity contribution >= 4 is 0 Å². The number of nitrogens with two attached hydrogens (primary N) is 1. The van der Waals surface area contributed by atoms with Crippen molar-refractivity contribution in [2.45, 2.75) is 13.8 Å². The van der Waals surface area contributed by atoms with Crippen LogP contribution in [0.1, 0.15) is 11.1 Å². The minimum absolute atomic E-state index is 0.609. The van der Waals surface area contributed by atoms with E-state index in [9.17, 15) is 0 Å². The average molecular weight is 254 g/mol. The van der Waals surface area contributed by atoms with Gasteiger partial charge in [0.05, 0.1) is 19.8 Å². The van der Waals surface area contributed by atoms with E-state index in [0.29, 0.717) is 13.2 Å². The van der Waals surface area contributed by atoms with E-state index in [0.717, 1.165) is 32.0 Å². The van der Waals surface area contributed by atoms with Crippen molar-refractivity contribution in [3.05, 3.63) is 29.3 Å². The van der Waals surface area contributed by atoms with Crippen LogP contribution in [-0.2, 0) is 4.74 Å². The Bertz CT molecular complexity index is 343. The van der Waals surface area contributed by atoms with Crippen LogP contribution in [0, 0.1) is 13.8 Å². The fourth-order valence-corrected chi connectivity index (χ4v) is 1.58. The summed E-state index contributed by atoms with van der Waals surface area (Å²) in [7, 11) is 0. The first-order valence-corrected chi connectivity index (χ1v) is 6.62. The second kappa shape index (κ2) is 8.91. The summed E-state index contributed by atoms with van der Waals surface area (Å²) in [5.74, 6) is 0.922. The Morgan fingerprint density at radius 2 is 1.89 bits per heavy atom. The second-order valence-corrected chi connectivity index (χ2v) is 4.43. The molecule has 0 amide bonds. The number of ether oxygens (including phenoxy) is 2. The minimum Gasteiger partial charge on any atom is -0.491 e. The first-order valence-electron chi connectivity index (χ1n) is 6.62. The van der Waals surface area contributed by atoms with E-state index < -0.39 is 0 Å². The van der Waals surface area contributed by atoms with Gasteiger partial charge in [-0.2, -0.15) is 0 Å². The van der Waals surface area contributed by atoms with Gasteiger partial charge in [-0.05, 0) is 37.1 Å². The molecule has 0 aromatic heterocycles. The van der Waals surface area contributed by atoms with Gasteiger partial charge in [0, 0.05) is 0 Å². The second-order valence-electron chi connectivity index (χ2n) is 4.43. The van der Waals surface area contributed by atoms with E-state index >= 15 is 0 Å². The summed E-state index contributed by atoms with van der Waals surface area (Å²) in [5.41, 5.74) is 6.34. The van der Waals surface area contributed by atoms with Crippen LogP contribution in [0.15, 0.2) is 18.2 Å². The molecule has 1 aromatic rings. The Hall–Kier alpha value is -1.10. The van der Waals surface area contributed by atoms with Crippen molar-refractivity contribution in [1.29, 1.82) is 0 Å². The largest absolute Gasteiger partial charge is 0.491 e. The lowest BCUT2D eigenvalue weighted by molar-refractivity contribution is -0.671. The highest BCUT2D eigenvalue weighted by atomic mass is 16.5. The number of hydrogen-bond acceptors (Lipinski definition) is 2. The Morgan fingerprint density at radius 3 is 2.61 bits per heavy atom. The molecule has 0 heterocycles. The van der Waals surface area contributed by atoms with Crippen molar-refractivity contribution < 1.29 is 20.5 Å². The van der Waals surface area contributed by atoms with E-state index in [2.05, 4.69) is 37.0 Å². The standard InChI is InChI=1S/C14H24N2O2/c1-12-3-4-14(11-13(12)2)18-10-9-17-8-7-16-6-5-15/h3-4,11,16H,5-10,15H2,1-2H3/p+2. The fourth-order valence-electron chi connectivity index (χ4n) is 1.58. The molecular formula is C14H26N2O2+2. The van der Waals surface area contributed by atoms with Gasteiger partial charge in [-0.25, -0.2) is 0 Å². The zero-order valence-electron chi connectivity index (χ0n) is 11.6. The lowest BCUT2D eigenvalue weighted by Crippen LogP contribution is -2.88. The smallest absolute Gasteiger partial charge is 0.125 e. The molecule has 4 heteroatoms. The molecule has 0 fully saturated rings. The monoisotopic (exact) mass is 254 g/mol. The summed E-state index contributed by atoms with van der Waals surface area (Å²) in [6.07, 6.45) is 0. The molecule has 0 aliphatic heterocycles. The van der Waals surface area contributed by atoms with E-state index in [4.69, 9.17) is 9.47 Å². The molecule has 18 heavy (non-hydrogen) atoms. The Labute approximate surface area is 109 Å². The normalized spacial score (nSPS) is 10.6. The SMILES string of the molecule is Cc1ccc(OCCOCC[NH2+]CC[NH3+])cc1C. The van der Waals surface area contributed by atoms with Crippen molar-refractivity contribution in [3.8, 4) is 5.75 Å². The number of aryl methyl sites for hydroxylation is 2. The van der Waals surface area contributed by atoms with Crippen molar-refractivity contribution in [3.63, 3.8) is 0 Å². The van der Waals surface area contributed by atoms with E-state index in [1.54, 1.807) is 0 Å². The van der Waals surface area contributed by atoms with Gasteiger partial charge >= 0.3 is 0 Å². The summed E-state index contributed by atoms with van der Waals surface area (Å²) >= 11 is 0. The molecule has 5 N–H and O–H groups in total. The third-order valence-electron chi connectivity index (χ3n) is 2.85. The highest BCUT2D eigenvalue weighted by Crippen LogP contribution is 2.16. The van der Waals surface area contributed by atoms with Gasteiger partial charge in [-0.1, -0.05) is 6.07 Å². The van der Waals surface area contributed by atoms with Gasteiger partial charge in [0.2, 0.25) is 0 Å². The lowest BCUT2D eigenvalue weighted by atomic mass is 10.1. The molecule has 0 aliphatic carbocycles. The molecule has 4 nitrogen and oxygen atoms in total. The first kappa shape index (κ1) is 15.0. The van der Waals surface area contributed by atoms with Crippen LogP contribution >= 0.6 is 0 Å². The van der Waals surface area contributed by atoms with Crippen LogP contribution in [0.2, 0.25) is 0 Å². The van der Waals surface area contributed by atoms with Crippen LogP contribution in [-0.4, -0.2) is 39.5 Å². The first-order chi connectivity index (χ1) is 8.74. The molecule has 1 rings (SSSR count). The van der Waals surface area contributed by atoms with Gasteiger partial charge < -0.3 is 20.5 Å². The third kappa shape index (κ3) is 6.00. The maximum atomic E-state index is 5.62. The van der Waals surface area contributed by atoms with Crippen LogP contribution in [0.25, 0.3) is 0 Å². The summed E-state index contributed by atoms with van der Waals surface area (Å²) in [6, 6.07) is 6.15. The number of benzene rings is 1. The van der Waals surface area contributed by atoms with Crippen LogP contribution in [0.4, 0.5) is 0 Å². The van der Waals surface area contributed by atoms with E-state index in [1.165, 1.54) is 11.1 Å².